The Bertz CT molecular complexity index is 872. The lowest BCUT2D eigenvalue weighted by atomic mass is 9.65. The predicted molar refractivity (Wildman–Crippen MR) is 120 cm³/mol. The van der Waals surface area contributed by atoms with Gasteiger partial charge in [-0.1, -0.05) is 31.1 Å². The van der Waals surface area contributed by atoms with Crippen LogP contribution in [0.5, 0.6) is 0 Å². The molecule has 6 atom stereocenters. The summed E-state index contributed by atoms with van der Waals surface area (Å²) in [6, 6.07) is 0. The molecule has 0 radical (unpaired) electrons. The predicted octanol–water partition coefficient (Wildman–Crippen LogP) is 4.94. The number of hydrogen-bond donors (Lipinski definition) is 0. The average Bonchev–Trinajstić information content (AvgIpc) is 3.02. The fourth-order valence-electron chi connectivity index (χ4n) is 5.28. The summed E-state index contributed by atoms with van der Waals surface area (Å²) in [7, 11) is 1.62. The molecule has 31 heavy (non-hydrogen) atoms. The van der Waals surface area contributed by atoms with Gasteiger partial charge in [-0.2, -0.15) is 0 Å². The molecule has 3 aliphatic rings. The molecule has 5 nitrogen and oxygen atoms in total. The van der Waals surface area contributed by atoms with Gasteiger partial charge in [0.1, 0.15) is 11.7 Å². The molecule has 0 N–H and O–H groups in total. The zero-order valence-corrected chi connectivity index (χ0v) is 20.0. The molecule has 1 aliphatic carbocycles. The van der Waals surface area contributed by atoms with Gasteiger partial charge in [0.05, 0.1) is 0 Å². The van der Waals surface area contributed by atoms with Crippen LogP contribution < -0.4 is 0 Å². The normalized spacial score (nSPS) is 37.3. The van der Waals surface area contributed by atoms with E-state index in [2.05, 4.69) is 19.9 Å². The highest BCUT2D eigenvalue weighted by Gasteiger charge is 2.53. The third-order valence-electron chi connectivity index (χ3n) is 6.95. The van der Waals surface area contributed by atoms with Crippen LogP contribution in [0.3, 0.4) is 0 Å². The van der Waals surface area contributed by atoms with Crippen LogP contribution in [0, 0.1) is 23.7 Å². The summed E-state index contributed by atoms with van der Waals surface area (Å²) in [5.74, 6) is -1.17. The Labute approximate surface area is 186 Å². The standard InChI is InChI=1S/C26H36O5/c1-15(2)11-23(28)30-22-14-19-17(5)12-21(27)24(16(3)4)20(19)13-18(6)26(29-8)10-9-25(22,7)31-26/h9-13,16,19-20,22,24H,14H2,1-8H3. The number of fused-ring (bicyclic) bond motifs is 3. The van der Waals surface area contributed by atoms with Gasteiger partial charge in [0.25, 0.3) is 0 Å². The van der Waals surface area contributed by atoms with Crippen LogP contribution in [0.25, 0.3) is 0 Å². The molecule has 5 heteroatoms. The lowest BCUT2D eigenvalue weighted by Gasteiger charge is -2.40. The largest absolute Gasteiger partial charge is 0.456 e. The zero-order chi connectivity index (χ0) is 23.1. The van der Waals surface area contributed by atoms with Gasteiger partial charge in [0.2, 0.25) is 5.79 Å². The minimum Gasteiger partial charge on any atom is -0.456 e. The quantitative estimate of drug-likeness (QED) is 0.361. The number of carbonyl (C=O) groups is 2. The van der Waals surface area contributed by atoms with Crippen LogP contribution in [0.2, 0.25) is 0 Å². The fourth-order valence-corrected chi connectivity index (χ4v) is 5.28. The van der Waals surface area contributed by atoms with Crippen LogP contribution in [0.1, 0.15) is 54.9 Å². The summed E-state index contributed by atoms with van der Waals surface area (Å²) in [4.78, 5) is 25.6. The van der Waals surface area contributed by atoms with Crippen LogP contribution in [-0.4, -0.2) is 36.4 Å². The van der Waals surface area contributed by atoms with E-state index in [1.165, 1.54) is 6.08 Å². The van der Waals surface area contributed by atoms with Crippen LogP contribution in [0.4, 0.5) is 0 Å². The molecule has 0 amide bonds. The van der Waals surface area contributed by atoms with E-state index in [9.17, 15) is 9.59 Å². The first-order valence-corrected chi connectivity index (χ1v) is 11.1. The van der Waals surface area contributed by atoms with E-state index in [1.54, 1.807) is 13.2 Å². The Morgan fingerprint density at radius 2 is 1.94 bits per heavy atom. The molecule has 0 fully saturated rings. The van der Waals surface area contributed by atoms with Crippen molar-refractivity contribution in [3.05, 3.63) is 47.1 Å². The summed E-state index contributed by atoms with van der Waals surface area (Å²) in [5, 5.41) is 0. The van der Waals surface area contributed by atoms with E-state index in [0.717, 1.165) is 16.7 Å². The Kier molecular flexibility index (Phi) is 6.50. The second-order valence-electron chi connectivity index (χ2n) is 9.97. The molecule has 0 saturated carbocycles. The minimum atomic E-state index is -1.04. The number of esters is 1. The molecular weight excluding hydrogens is 392 g/mol. The van der Waals surface area contributed by atoms with Crippen molar-refractivity contribution in [2.45, 2.75) is 72.4 Å². The molecular formula is C26H36O5. The lowest BCUT2D eigenvalue weighted by molar-refractivity contribution is -0.225. The Morgan fingerprint density at radius 3 is 2.52 bits per heavy atom. The van der Waals surface area contributed by atoms with Gasteiger partial charge in [-0.25, -0.2) is 4.79 Å². The molecule has 3 rings (SSSR count). The van der Waals surface area contributed by atoms with Gasteiger partial charge in [-0.05, 0) is 82.6 Å². The Hall–Kier alpha value is -1.98. The molecule has 170 valence electrons. The fraction of sp³-hybridized carbons (Fsp3) is 0.615. The summed E-state index contributed by atoms with van der Waals surface area (Å²) < 4.78 is 18.3. The minimum absolute atomic E-state index is 0.0193. The number of rotatable bonds is 4. The maximum Gasteiger partial charge on any atom is 0.331 e. The first kappa shape index (κ1) is 23.7. The van der Waals surface area contributed by atoms with Crippen LogP contribution >= 0.6 is 0 Å². The van der Waals surface area contributed by atoms with Crippen LogP contribution in [-0.2, 0) is 23.8 Å². The monoisotopic (exact) mass is 428 g/mol. The van der Waals surface area contributed by atoms with Crippen molar-refractivity contribution in [3.63, 3.8) is 0 Å². The topological polar surface area (TPSA) is 61.8 Å². The second-order valence-corrected chi connectivity index (χ2v) is 9.97. The lowest BCUT2D eigenvalue weighted by Crippen LogP contribution is -2.47. The van der Waals surface area contributed by atoms with Crippen molar-refractivity contribution < 1.29 is 23.8 Å². The molecule has 2 heterocycles. The first-order valence-electron chi connectivity index (χ1n) is 11.1. The van der Waals surface area contributed by atoms with Crippen molar-refractivity contribution in [1.29, 1.82) is 0 Å². The van der Waals surface area contributed by atoms with Gasteiger partial charge in [0.15, 0.2) is 5.78 Å². The van der Waals surface area contributed by atoms with Crippen LogP contribution in [0.15, 0.2) is 47.1 Å². The highest BCUT2D eigenvalue weighted by molar-refractivity contribution is 5.94. The van der Waals surface area contributed by atoms with E-state index in [4.69, 9.17) is 14.2 Å². The van der Waals surface area contributed by atoms with Gasteiger partial charge in [0, 0.05) is 19.1 Å². The maximum atomic E-state index is 13.0. The van der Waals surface area contributed by atoms with E-state index in [-0.39, 0.29) is 35.4 Å². The molecule has 6 unspecified atom stereocenters. The number of ketones is 1. The molecule has 2 aliphatic heterocycles. The van der Waals surface area contributed by atoms with Gasteiger partial charge in [-0.15, -0.1) is 0 Å². The number of allylic oxidation sites excluding steroid dienone is 4. The second kappa shape index (κ2) is 8.51. The van der Waals surface area contributed by atoms with Crippen molar-refractivity contribution in [3.8, 4) is 0 Å². The molecule has 0 saturated heterocycles. The Balaban J connectivity index is 2.14. The maximum absolute atomic E-state index is 13.0. The summed E-state index contributed by atoms with van der Waals surface area (Å²) >= 11 is 0. The number of ether oxygens (including phenoxy) is 3. The first-order chi connectivity index (χ1) is 14.4. The molecule has 2 bridgehead atoms. The number of hydrogen-bond acceptors (Lipinski definition) is 5. The van der Waals surface area contributed by atoms with E-state index in [0.29, 0.717) is 6.42 Å². The van der Waals surface area contributed by atoms with E-state index in [1.807, 2.05) is 46.8 Å². The van der Waals surface area contributed by atoms with Crippen molar-refractivity contribution in [2.24, 2.45) is 23.7 Å². The summed E-state index contributed by atoms with van der Waals surface area (Å²) in [5.41, 5.74) is 1.97. The molecule has 0 aromatic carbocycles. The van der Waals surface area contributed by atoms with Gasteiger partial charge >= 0.3 is 5.97 Å². The smallest absolute Gasteiger partial charge is 0.331 e. The zero-order valence-electron chi connectivity index (χ0n) is 20.0. The summed E-state index contributed by atoms with van der Waals surface area (Å²) in [6.07, 6.45) is 9.33. The summed E-state index contributed by atoms with van der Waals surface area (Å²) in [6.45, 7) is 13.8. The Morgan fingerprint density at radius 1 is 1.26 bits per heavy atom. The SMILES string of the molecule is COC12C=CC(C)(O1)C(OC(=O)C=C(C)C)CC1C(C)=CC(=O)C(C(C)C)C1C=C2C. The molecule has 0 aromatic heterocycles. The molecule has 0 aromatic rings. The van der Waals surface area contributed by atoms with Gasteiger partial charge < -0.3 is 14.2 Å². The third-order valence-corrected chi connectivity index (χ3v) is 6.95. The molecule has 0 spiro atoms. The number of carbonyl (C=O) groups excluding carboxylic acids is 2. The number of methoxy groups -OCH3 is 1. The van der Waals surface area contributed by atoms with E-state index >= 15 is 0 Å². The van der Waals surface area contributed by atoms with Crippen molar-refractivity contribution in [1.82, 2.24) is 0 Å². The third kappa shape index (κ3) is 4.35. The highest BCUT2D eigenvalue weighted by Crippen LogP contribution is 2.48. The highest BCUT2D eigenvalue weighted by atomic mass is 16.7. The van der Waals surface area contributed by atoms with E-state index < -0.39 is 17.5 Å². The van der Waals surface area contributed by atoms with Gasteiger partial charge in [-0.3, -0.25) is 4.79 Å². The van der Waals surface area contributed by atoms with Crippen molar-refractivity contribution >= 4 is 11.8 Å². The van der Waals surface area contributed by atoms with Crippen molar-refractivity contribution in [2.75, 3.05) is 7.11 Å². The average molecular weight is 429 g/mol.